The number of aliphatic carboxylic acids is 1. The van der Waals surface area contributed by atoms with Gasteiger partial charge in [-0.3, -0.25) is 19.6 Å². The number of benzene rings is 1. The minimum atomic E-state index is -0.865. The van der Waals surface area contributed by atoms with Crippen LogP contribution in [0.4, 0.5) is 0 Å². The quantitative estimate of drug-likeness (QED) is 0.860. The smallest absolute Gasteiger partial charge is 0.306 e. The van der Waals surface area contributed by atoms with Gasteiger partial charge in [-0.05, 0) is 18.6 Å². The lowest BCUT2D eigenvalue weighted by molar-refractivity contribution is -0.141. The number of carboxylic acids is 1. The summed E-state index contributed by atoms with van der Waals surface area (Å²) in [7, 11) is 0. The van der Waals surface area contributed by atoms with E-state index in [4.69, 9.17) is 5.11 Å². The van der Waals surface area contributed by atoms with Gasteiger partial charge in [-0.1, -0.05) is 13.0 Å². The van der Waals surface area contributed by atoms with Crippen LogP contribution >= 0.6 is 0 Å². The highest BCUT2D eigenvalue weighted by molar-refractivity contribution is 6.04. The maximum atomic E-state index is 12.1. The van der Waals surface area contributed by atoms with Gasteiger partial charge in [0, 0.05) is 18.9 Å². The molecule has 0 saturated carbocycles. The van der Waals surface area contributed by atoms with Crippen molar-refractivity contribution in [1.29, 1.82) is 0 Å². The van der Waals surface area contributed by atoms with Gasteiger partial charge in [0.25, 0.3) is 5.91 Å². The Hall–Kier alpha value is -2.50. The van der Waals surface area contributed by atoms with E-state index < -0.39 is 11.9 Å². The SMILES string of the molecule is CC(CCNC(=O)c1cccc2nccnc12)C(=O)O. The molecule has 1 unspecified atom stereocenters. The number of hydrogen-bond acceptors (Lipinski definition) is 4. The van der Waals surface area contributed by atoms with E-state index in [2.05, 4.69) is 15.3 Å². The Balaban J connectivity index is 2.06. The van der Waals surface area contributed by atoms with E-state index in [9.17, 15) is 9.59 Å². The molecule has 0 saturated heterocycles. The van der Waals surface area contributed by atoms with Crippen LogP contribution in [0.3, 0.4) is 0 Å². The first-order valence-electron chi connectivity index (χ1n) is 6.30. The molecule has 0 aliphatic heterocycles. The van der Waals surface area contributed by atoms with E-state index in [0.717, 1.165) is 0 Å². The summed E-state index contributed by atoms with van der Waals surface area (Å²) in [5.74, 6) is -1.62. The molecule has 0 fully saturated rings. The normalized spacial score (nSPS) is 12.1. The number of nitrogens with zero attached hydrogens (tertiary/aromatic N) is 2. The molecule has 1 aromatic carbocycles. The van der Waals surface area contributed by atoms with Gasteiger partial charge in [-0.15, -0.1) is 0 Å². The monoisotopic (exact) mass is 273 g/mol. The van der Waals surface area contributed by atoms with Crippen molar-refractivity contribution in [2.24, 2.45) is 5.92 Å². The van der Waals surface area contributed by atoms with Crippen LogP contribution in [0.15, 0.2) is 30.6 Å². The number of fused-ring (bicyclic) bond motifs is 1. The lowest BCUT2D eigenvalue weighted by Crippen LogP contribution is -2.27. The largest absolute Gasteiger partial charge is 0.481 e. The Bertz CT molecular complexity index is 637. The van der Waals surface area contributed by atoms with Crippen molar-refractivity contribution in [2.45, 2.75) is 13.3 Å². The van der Waals surface area contributed by atoms with Gasteiger partial charge in [0.05, 0.1) is 17.0 Å². The van der Waals surface area contributed by atoms with Crippen LogP contribution in [0.1, 0.15) is 23.7 Å². The molecule has 0 radical (unpaired) electrons. The fraction of sp³-hybridized carbons (Fsp3) is 0.286. The van der Waals surface area contributed by atoms with Crippen molar-refractivity contribution in [2.75, 3.05) is 6.54 Å². The van der Waals surface area contributed by atoms with Gasteiger partial charge in [-0.2, -0.15) is 0 Å². The summed E-state index contributed by atoms with van der Waals surface area (Å²) < 4.78 is 0. The minimum absolute atomic E-state index is 0.270. The third-order valence-corrected chi connectivity index (χ3v) is 3.03. The maximum Gasteiger partial charge on any atom is 0.306 e. The van der Waals surface area contributed by atoms with Crippen molar-refractivity contribution >= 4 is 22.9 Å². The van der Waals surface area contributed by atoms with Gasteiger partial charge in [0.2, 0.25) is 0 Å². The summed E-state index contributed by atoms with van der Waals surface area (Å²) in [6.45, 7) is 1.92. The second kappa shape index (κ2) is 6.10. The third-order valence-electron chi connectivity index (χ3n) is 3.03. The first kappa shape index (κ1) is 13.9. The van der Waals surface area contributed by atoms with E-state index in [0.29, 0.717) is 29.6 Å². The molecule has 0 spiro atoms. The molecule has 1 aromatic heterocycles. The molecular formula is C14H15N3O3. The summed E-state index contributed by atoms with van der Waals surface area (Å²) in [6, 6.07) is 5.20. The fourth-order valence-corrected chi connectivity index (χ4v) is 1.80. The molecule has 2 N–H and O–H groups in total. The predicted molar refractivity (Wildman–Crippen MR) is 73.3 cm³/mol. The Labute approximate surface area is 115 Å². The summed E-state index contributed by atoms with van der Waals surface area (Å²) in [6.07, 6.45) is 3.49. The second-order valence-corrected chi connectivity index (χ2v) is 4.51. The average molecular weight is 273 g/mol. The molecular weight excluding hydrogens is 258 g/mol. The summed E-state index contributed by atoms with van der Waals surface area (Å²) in [4.78, 5) is 31.1. The minimum Gasteiger partial charge on any atom is -0.481 e. The first-order chi connectivity index (χ1) is 9.59. The molecule has 0 bridgehead atoms. The van der Waals surface area contributed by atoms with Gasteiger partial charge in [0.1, 0.15) is 5.52 Å². The van der Waals surface area contributed by atoms with Crippen LogP contribution in [-0.4, -0.2) is 33.5 Å². The molecule has 1 amide bonds. The van der Waals surface area contributed by atoms with Crippen molar-refractivity contribution in [3.05, 3.63) is 36.2 Å². The van der Waals surface area contributed by atoms with E-state index in [1.807, 2.05) is 0 Å². The number of aromatic nitrogens is 2. The van der Waals surface area contributed by atoms with Crippen LogP contribution in [-0.2, 0) is 4.79 Å². The first-order valence-corrected chi connectivity index (χ1v) is 6.30. The standard InChI is InChI=1S/C14H15N3O3/c1-9(14(19)20)5-6-17-13(18)10-3-2-4-11-12(10)16-8-7-15-11/h2-4,7-9H,5-6H2,1H3,(H,17,18)(H,19,20). The summed E-state index contributed by atoms with van der Waals surface area (Å²) in [5, 5.41) is 11.5. The Morgan fingerprint density at radius 1 is 1.30 bits per heavy atom. The Morgan fingerprint density at radius 2 is 2.05 bits per heavy atom. The zero-order chi connectivity index (χ0) is 14.5. The van der Waals surface area contributed by atoms with Crippen LogP contribution in [0.2, 0.25) is 0 Å². The number of carbonyl (C=O) groups is 2. The lowest BCUT2D eigenvalue weighted by Gasteiger charge is -2.09. The number of carboxylic acid groups (broad SMARTS) is 1. The third kappa shape index (κ3) is 3.09. The average Bonchev–Trinajstić information content (AvgIpc) is 2.46. The molecule has 6 heteroatoms. The molecule has 20 heavy (non-hydrogen) atoms. The lowest BCUT2D eigenvalue weighted by atomic mass is 10.1. The zero-order valence-electron chi connectivity index (χ0n) is 11.0. The van der Waals surface area contributed by atoms with Crippen molar-refractivity contribution in [1.82, 2.24) is 15.3 Å². The summed E-state index contributed by atoms with van der Waals surface area (Å²) in [5.41, 5.74) is 1.64. The molecule has 0 aliphatic rings. The van der Waals surface area contributed by atoms with Crippen LogP contribution in [0.25, 0.3) is 11.0 Å². The highest BCUT2D eigenvalue weighted by Crippen LogP contribution is 2.13. The number of carbonyl (C=O) groups excluding carboxylic acids is 1. The van der Waals surface area contributed by atoms with E-state index >= 15 is 0 Å². The van der Waals surface area contributed by atoms with Gasteiger partial charge in [0.15, 0.2) is 0 Å². The highest BCUT2D eigenvalue weighted by Gasteiger charge is 2.13. The van der Waals surface area contributed by atoms with Crippen LogP contribution in [0.5, 0.6) is 0 Å². The number of amides is 1. The van der Waals surface area contributed by atoms with E-state index in [1.165, 1.54) is 6.20 Å². The Kier molecular flexibility index (Phi) is 4.24. The van der Waals surface area contributed by atoms with Gasteiger partial charge >= 0.3 is 5.97 Å². The molecule has 1 heterocycles. The molecule has 2 aromatic rings. The molecule has 104 valence electrons. The number of hydrogen-bond donors (Lipinski definition) is 2. The highest BCUT2D eigenvalue weighted by atomic mass is 16.4. The summed E-state index contributed by atoms with van der Waals surface area (Å²) >= 11 is 0. The predicted octanol–water partition coefficient (Wildman–Crippen LogP) is 1.47. The van der Waals surface area contributed by atoms with Crippen molar-refractivity contribution in [3.8, 4) is 0 Å². The molecule has 1 atom stereocenters. The zero-order valence-corrected chi connectivity index (χ0v) is 11.0. The second-order valence-electron chi connectivity index (χ2n) is 4.51. The van der Waals surface area contributed by atoms with Crippen molar-refractivity contribution in [3.63, 3.8) is 0 Å². The number of nitrogens with one attached hydrogen (secondary N) is 1. The van der Waals surface area contributed by atoms with Gasteiger partial charge in [-0.25, -0.2) is 0 Å². The number of para-hydroxylation sites is 1. The van der Waals surface area contributed by atoms with Crippen molar-refractivity contribution < 1.29 is 14.7 Å². The number of rotatable bonds is 5. The maximum absolute atomic E-state index is 12.1. The van der Waals surface area contributed by atoms with Crippen LogP contribution in [0, 0.1) is 5.92 Å². The van der Waals surface area contributed by atoms with Crippen LogP contribution < -0.4 is 5.32 Å². The fourth-order valence-electron chi connectivity index (χ4n) is 1.80. The molecule has 6 nitrogen and oxygen atoms in total. The Morgan fingerprint density at radius 3 is 2.80 bits per heavy atom. The molecule has 0 aliphatic carbocycles. The molecule has 2 rings (SSSR count). The van der Waals surface area contributed by atoms with E-state index in [1.54, 1.807) is 31.3 Å². The topological polar surface area (TPSA) is 92.2 Å². The van der Waals surface area contributed by atoms with E-state index in [-0.39, 0.29) is 5.91 Å². The van der Waals surface area contributed by atoms with Gasteiger partial charge < -0.3 is 10.4 Å².